The summed E-state index contributed by atoms with van der Waals surface area (Å²) in [5, 5.41) is 11.4. The van der Waals surface area contributed by atoms with Crippen molar-refractivity contribution < 1.29 is 9.94 Å². The summed E-state index contributed by atoms with van der Waals surface area (Å²) in [7, 11) is 0. The molecule has 0 fully saturated rings. The van der Waals surface area contributed by atoms with Gasteiger partial charge in [-0.25, -0.2) is 0 Å². The smallest absolute Gasteiger partial charge is 0.175 e. The lowest BCUT2D eigenvalue weighted by Gasteiger charge is -2.05. The standard InChI is InChI=1S/C11H14ClNO2/c1-2-3-8-15-10-6-4-9(5-7-10)11(12)13-14/h4-7,14H,2-3,8H2,1H3/b13-11-. The summed E-state index contributed by atoms with van der Waals surface area (Å²) in [6.07, 6.45) is 2.15. The summed E-state index contributed by atoms with van der Waals surface area (Å²) in [6.45, 7) is 2.83. The van der Waals surface area contributed by atoms with Crippen LogP contribution in [0.1, 0.15) is 25.3 Å². The molecule has 0 aliphatic carbocycles. The average Bonchev–Trinajstić information content (AvgIpc) is 2.29. The minimum Gasteiger partial charge on any atom is -0.494 e. The second-order valence-electron chi connectivity index (χ2n) is 3.12. The summed E-state index contributed by atoms with van der Waals surface area (Å²) in [4.78, 5) is 0. The molecule has 0 heterocycles. The molecule has 0 saturated heterocycles. The largest absolute Gasteiger partial charge is 0.494 e. The number of nitrogens with zero attached hydrogens (tertiary/aromatic N) is 1. The molecule has 15 heavy (non-hydrogen) atoms. The molecule has 0 aliphatic rings. The van der Waals surface area contributed by atoms with Gasteiger partial charge in [-0.1, -0.05) is 30.1 Å². The van der Waals surface area contributed by atoms with E-state index in [2.05, 4.69) is 12.1 Å². The lowest BCUT2D eigenvalue weighted by molar-refractivity contribution is 0.309. The van der Waals surface area contributed by atoms with Crippen LogP contribution >= 0.6 is 11.6 Å². The third kappa shape index (κ3) is 3.80. The Morgan fingerprint density at radius 3 is 2.60 bits per heavy atom. The molecule has 4 heteroatoms. The fraction of sp³-hybridized carbons (Fsp3) is 0.364. The van der Waals surface area contributed by atoms with Crippen molar-refractivity contribution in [2.24, 2.45) is 5.16 Å². The second kappa shape index (κ2) is 6.30. The van der Waals surface area contributed by atoms with Gasteiger partial charge in [-0.3, -0.25) is 0 Å². The third-order valence-electron chi connectivity index (χ3n) is 1.95. The highest BCUT2D eigenvalue weighted by atomic mass is 35.5. The van der Waals surface area contributed by atoms with E-state index in [1.54, 1.807) is 24.3 Å². The van der Waals surface area contributed by atoms with E-state index in [0.29, 0.717) is 5.56 Å². The molecule has 1 N–H and O–H groups in total. The minimum absolute atomic E-state index is 0.0788. The fourth-order valence-electron chi connectivity index (χ4n) is 1.08. The maximum absolute atomic E-state index is 8.46. The topological polar surface area (TPSA) is 41.8 Å². The van der Waals surface area contributed by atoms with Crippen molar-refractivity contribution >= 4 is 16.8 Å². The van der Waals surface area contributed by atoms with Crippen LogP contribution in [0.2, 0.25) is 0 Å². The van der Waals surface area contributed by atoms with Crippen LogP contribution in [0.5, 0.6) is 5.75 Å². The van der Waals surface area contributed by atoms with Crippen LogP contribution < -0.4 is 4.74 Å². The van der Waals surface area contributed by atoms with E-state index in [0.717, 1.165) is 25.2 Å². The van der Waals surface area contributed by atoms with Gasteiger partial charge in [0.2, 0.25) is 0 Å². The molecule has 0 radical (unpaired) electrons. The van der Waals surface area contributed by atoms with Crippen LogP contribution in [0.3, 0.4) is 0 Å². The number of hydrogen-bond acceptors (Lipinski definition) is 3. The van der Waals surface area contributed by atoms with Crippen LogP contribution in [0.25, 0.3) is 0 Å². The van der Waals surface area contributed by atoms with Crippen molar-refractivity contribution in [3.63, 3.8) is 0 Å². The molecular formula is C11H14ClNO2. The van der Waals surface area contributed by atoms with Crippen molar-refractivity contribution in [1.29, 1.82) is 0 Å². The van der Waals surface area contributed by atoms with Gasteiger partial charge < -0.3 is 9.94 Å². The maximum atomic E-state index is 8.46. The zero-order chi connectivity index (χ0) is 11.1. The van der Waals surface area contributed by atoms with Gasteiger partial charge in [0.15, 0.2) is 5.17 Å². The van der Waals surface area contributed by atoms with Gasteiger partial charge in [0.05, 0.1) is 6.61 Å². The lowest BCUT2D eigenvalue weighted by atomic mass is 10.2. The highest BCUT2D eigenvalue weighted by Gasteiger charge is 2.00. The first kappa shape index (κ1) is 11.9. The van der Waals surface area contributed by atoms with E-state index in [1.807, 2.05) is 0 Å². The van der Waals surface area contributed by atoms with Crippen LogP contribution in [-0.4, -0.2) is 17.0 Å². The summed E-state index contributed by atoms with van der Waals surface area (Å²) < 4.78 is 5.47. The summed E-state index contributed by atoms with van der Waals surface area (Å²) >= 11 is 5.63. The molecule has 3 nitrogen and oxygen atoms in total. The van der Waals surface area contributed by atoms with Crippen molar-refractivity contribution in [2.45, 2.75) is 19.8 Å². The molecule has 0 unspecified atom stereocenters. The van der Waals surface area contributed by atoms with Gasteiger partial charge in [0.25, 0.3) is 0 Å². The molecule has 0 amide bonds. The molecule has 1 aromatic carbocycles. The van der Waals surface area contributed by atoms with Crippen molar-refractivity contribution in [3.05, 3.63) is 29.8 Å². The number of halogens is 1. The Morgan fingerprint density at radius 1 is 1.40 bits per heavy atom. The normalized spacial score (nSPS) is 11.5. The number of unbranched alkanes of at least 4 members (excludes halogenated alkanes) is 1. The van der Waals surface area contributed by atoms with E-state index in [1.165, 1.54) is 0 Å². The summed E-state index contributed by atoms with van der Waals surface area (Å²) in [5.41, 5.74) is 0.669. The van der Waals surface area contributed by atoms with Crippen LogP contribution in [-0.2, 0) is 0 Å². The Labute approximate surface area is 94.3 Å². The van der Waals surface area contributed by atoms with Crippen molar-refractivity contribution in [2.75, 3.05) is 6.61 Å². The Hall–Kier alpha value is -1.22. The molecular weight excluding hydrogens is 214 g/mol. The highest BCUT2D eigenvalue weighted by Crippen LogP contribution is 2.14. The van der Waals surface area contributed by atoms with E-state index < -0.39 is 0 Å². The predicted molar refractivity (Wildman–Crippen MR) is 61.0 cm³/mol. The minimum atomic E-state index is 0.0788. The number of ether oxygens (including phenoxy) is 1. The zero-order valence-corrected chi connectivity index (χ0v) is 9.37. The van der Waals surface area contributed by atoms with E-state index >= 15 is 0 Å². The molecule has 0 aromatic heterocycles. The van der Waals surface area contributed by atoms with Gasteiger partial charge in [-0.15, -0.1) is 0 Å². The molecule has 1 rings (SSSR count). The number of rotatable bonds is 5. The third-order valence-corrected chi connectivity index (χ3v) is 2.24. The molecule has 1 aromatic rings. The SMILES string of the molecule is CCCCOc1ccc(/C(Cl)=N/O)cc1. The fourth-order valence-corrected chi connectivity index (χ4v) is 1.21. The molecule has 0 saturated carbocycles. The van der Waals surface area contributed by atoms with Crippen molar-refractivity contribution in [1.82, 2.24) is 0 Å². The number of hydrogen-bond donors (Lipinski definition) is 1. The first-order valence-corrected chi connectivity index (χ1v) is 5.26. The van der Waals surface area contributed by atoms with E-state index in [4.69, 9.17) is 21.5 Å². The second-order valence-corrected chi connectivity index (χ2v) is 3.48. The molecule has 82 valence electrons. The molecule has 0 bridgehead atoms. The Kier molecular flexibility index (Phi) is 4.98. The number of benzene rings is 1. The van der Waals surface area contributed by atoms with E-state index in [9.17, 15) is 0 Å². The van der Waals surface area contributed by atoms with Crippen molar-refractivity contribution in [3.8, 4) is 5.75 Å². The van der Waals surface area contributed by atoms with Gasteiger partial charge in [-0.2, -0.15) is 0 Å². The van der Waals surface area contributed by atoms with E-state index in [-0.39, 0.29) is 5.17 Å². The Balaban J connectivity index is 2.56. The van der Waals surface area contributed by atoms with Gasteiger partial charge in [0, 0.05) is 5.56 Å². The summed E-state index contributed by atoms with van der Waals surface area (Å²) in [5.74, 6) is 0.801. The quantitative estimate of drug-likeness (QED) is 0.363. The Bertz CT molecular complexity index is 322. The monoisotopic (exact) mass is 227 g/mol. The van der Waals surface area contributed by atoms with Gasteiger partial charge in [0.1, 0.15) is 5.75 Å². The first-order valence-electron chi connectivity index (χ1n) is 4.88. The first-order chi connectivity index (χ1) is 7.27. The summed E-state index contributed by atoms with van der Waals surface area (Å²) in [6, 6.07) is 7.11. The number of oxime groups is 1. The molecule has 0 atom stereocenters. The van der Waals surface area contributed by atoms with Crippen LogP contribution in [0, 0.1) is 0 Å². The highest BCUT2D eigenvalue weighted by molar-refractivity contribution is 6.69. The zero-order valence-electron chi connectivity index (χ0n) is 8.61. The molecule has 0 spiro atoms. The lowest BCUT2D eigenvalue weighted by Crippen LogP contribution is -1.97. The average molecular weight is 228 g/mol. The molecule has 0 aliphatic heterocycles. The van der Waals surface area contributed by atoms with Crippen LogP contribution in [0.4, 0.5) is 0 Å². The van der Waals surface area contributed by atoms with Crippen LogP contribution in [0.15, 0.2) is 29.4 Å². The Morgan fingerprint density at radius 2 is 2.07 bits per heavy atom. The van der Waals surface area contributed by atoms with Gasteiger partial charge in [-0.05, 0) is 30.7 Å². The van der Waals surface area contributed by atoms with Gasteiger partial charge >= 0.3 is 0 Å². The predicted octanol–water partition coefficient (Wildman–Crippen LogP) is 3.24. The maximum Gasteiger partial charge on any atom is 0.175 e.